The van der Waals surface area contributed by atoms with Gasteiger partial charge in [-0.1, -0.05) is 30.3 Å². The van der Waals surface area contributed by atoms with Gasteiger partial charge < -0.3 is 15.2 Å². The van der Waals surface area contributed by atoms with Crippen LogP contribution in [0, 0.1) is 6.57 Å². The Kier molecular flexibility index (Phi) is 7.01. The van der Waals surface area contributed by atoms with Gasteiger partial charge in [-0.3, -0.25) is 9.78 Å². The van der Waals surface area contributed by atoms with Gasteiger partial charge in [0.2, 0.25) is 0 Å². The fourth-order valence-corrected chi connectivity index (χ4v) is 4.86. The smallest absolute Gasteiger partial charge is 0.261 e. The highest BCUT2D eigenvalue weighted by molar-refractivity contribution is 7.20. The lowest BCUT2D eigenvalue weighted by atomic mass is 10.2. The number of hydrogen-bond donors (Lipinski definition) is 2. The highest BCUT2D eigenvalue weighted by Gasteiger charge is 2.11. The standard InChI is InChI=1S/C28H24N6OS/c1-29-22-7-5-20(6-8-22)18-34-19-30-16-25(34)17-33-24-9-10-26-21(14-24)15-27(36-26)28(35)32-13-11-23-4-2-3-12-31-23/h2-10,12,14-16,19,33H,11,13,17-18H2,(H,32,35). The molecular weight excluding hydrogens is 468 g/mol. The number of amides is 1. The summed E-state index contributed by atoms with van der Waals surface area (Å²) in [5.74, 6) is -0.0602. The van der Waals surface area contributed by atoms with E-state index in [1.807, 2.05) is 73.2 Å². The number of thiophene rings is 1. The van der Waals surface area contributed by atoms with Crippen molar-refractivity contribution in [2.75, 3.05) is 11.9 Å². The van der Waals surface area contributed by atoms with Crippen molar-refractivity contribution in [2.24, 2.45) is 0 Å². The van der Waals surface area contributed by atoms with Crippen LogP contribution >= 0.6 is 11.3 Å². The second-order valence-corrected chi connectivity index (χ2v) is 9.42. The molecule has 8 heteroatoms. The maximum absolute atomic E-state index is 12.6. The van der Waals surface area contributed by atoms with Gasteiger partial charge in [-0.25, -0.2) is 9.83 Å². The summed E-state index contributed by atoms with van der Waals surface area (Å²) < 4.78 is 3.17. The van der Waals surface area contributed by atoms with E-state index in [1.54, 1.807) is 6.20 Å². The predicted octanol–water partition coefficient (Wildman–Crippen LogP) is 5.68. The second kappa shape index (κ2) is 10.8. The summed E-state index contributed by atoms with van der Waals surface area (Å²) in [6.07, 6.45) is 6.14. The molecule has 0 saturated carbocycles. The van der Waals surface area contributed by atoms with Crippen LogP contribution in [0.2, 0.25) is 0 Å². The predicted molar refractivity (Wildman–Crippen MR) is 143 cm³/mol. The Labute approximate surface area is 213 Å². The quantitative estimate of drug-likeness (QED) is 0.260. The van der Waals surface area contributed by atoms with Gasteiger partial charge >= 0.3 is 0 Å². The fraction of sp³-hybridized carbons (Fsp3) is 0.143. The van der Waals surface area contributed by atoms with Crippen LogP contribution in [-0.4, -0.2) is 27.0 Å². The van der Waals surface area contributed by atoms with Crippen molar-refractivity contribution in [3.63, 3.8) is 0 Å². The third-order valence-corrected chi connectivity index (χ3v) is 6.94. The summed E-state index contributed by atoms with van der Waals surface area (Å²) in [6, 6.07) is 21.5. The first-order valence-corrected chi connectivity index (χ1v) is 12.4. The maximum Gasteiger partial charge on any atom is 0.261 e. The minimum Gasteiger partial charge on any atom is -0.379 e. The maximum atomic E-state index is 12.6. The number of nitrogens with one attached hydrogen (secondary N) is 2. The summed E-state index contributed by atoms with van der Waals surface area (Å²) in [6.45, 7) is 8.95. The average Bonchev–Trinajstić information content (AvgIpc) is 3.55. The van der Waals surface area contributed by atoms with E-state index in [2.05, 4.69) is 36.1 Å². The van der Waals surface area contributed by atoms with Gasteiger partial charge in [0.15, 0.2) is 5.69 Å². The zero-order valence-corrected chi connectivity index (χ0v) is 20.3. The number of benzene rings is 2. The van der Waals surface area contributed by atoms with E-state index in [4.69, 9.17) is 6.57 Å². The molecule has 2 N–H and O–H groups in total. The third kappa shape index (κ3) is 5.59. The number of rotatable bonds is 9. The van der Waals surface area contributed by atoms with Crippen molar-refractivity contribution in [2.45, 2.75) is 19.5 Å². The molecule has 0 aliphatic heterocycles. The Bertz CT molecular complexity index is 1520. The van der Waals surface area contributed by atoms with Crippen molar-refractivity contribution in [1.29, 1.82) is 0 Å². The molecule has 0 saturated heterocycles. The van der Waals surface area contributed by atoms with Crippen LogP contribution in [0.25, 0.3) is 14.9 Å². The summed E-state index contributed by atoms with van der Waals surface area (Å²) in [5, 5.41) is 7.50. The van der Waals surface area contributed by atoms with E-state index in [9.17, 15) is 4.79 Å². The Hall–Kier alpha value is -4.48. The summed E-state index contributed by atoms with van der Waals surface area (Å²) in [4.78, 5) is 25.4. The summed E-state index contributed by atoms with van der Waals surface area (Å²) in [5.41, 5.74) is 4.76. The first-order chi connectivity index (χ1) is 17.7. The summed E-state index contributed by atoms with van der Waals surface area (Å²) >= 11 is 1.49. The lowest BCUT2D eigenvalue weighted by Gasteiger charge is -2.10. The van der Waals surface area contributed by atoms with Crippen molar-refractivity contribution >= 4 is 38.7 Å². The van der Waals surface area contributed by atoms with Crippen LogP contribution in [0.4, 0.5) is 11.4 Å². The van der Waals surface area contributed by atoms with Gasteiger partial charge in [0.25, 0.3) is 5.91 Å². The van der Waals surface area contributed by atoms with Crippen LogP contribution in [0.1, 0.15) is 26.6 Å². The highest BCUT2D eigenvalue weighted by Crippen LogP contribution is 2.28. The van der Waals surface area contributed by atoms with Gasteiger partial charge in [-0.05, 0) is 47.3 Å². The van der Waals surface area contributed by atoms with Gasteiger partial charge in [-0.2, -0.15) is 0 Å². The zero-order chi connectivity index (χ0) is 24.7. The fourth-order valence-electron chi connectivity index (χ4n) is 3.91. The number of fused-ring (bicyclic) bond motifs is 1. The van der Waals surface area contributed by atoms with Crippen LogP contribution in [0.15, 0.2) is 85.5 Å². The number of carbonyl (C=O) groups is 1. The van der Waals surface area contributed by atoms with Gasteiger partial charge in [0.1, 0.15) is 0 Å². The molecule has 0 aliphatic carbocycles. The lowest BCUT2D eigenvalue weighted by Crippen LogP contribution is -2.25. The van der Waals surface area contributed by atoms with Crippen molar-refractivity contribution in [3.8, 4) is 0 Å². The van der Waals surface area contributed by atoms with E-state index in [1.165, 1.54) is 11.3 Å². The molecule has 2 aromatic carbocycles. The molecule has 0 atom stereocenters. The van der Waals surface area contributed by atoms with E-state index in [0.29, 0.717) is 36.6 Å². The minimum atomic E-state index is -0.0602. The second-order valence-electron chi connectivity index (χ2n) is 8.33. The van der Waals surface area contributed by atoms with Crippen molar-refractivity contribution in [3.05, 3.63) is 119 Å². The number of imidazole rings is 1. The average molecular weight is 493 g/mol. The Balaban J connectivity index is 1.19. The molecule has 0 bridgehead atoms. The highest BCUT2D eigenvalue weighted by atomic mass is 32.1. The SMILES string of the molecule is [C-]#[N+]c1ccc(Cn2cncc2CNc2ccc3sc(C(=O)NCCc4ccccn4)cc3c2)cc1. The van der Waals surface area contributed by atoms with Gasteiger partial charge in [0.05, 0.1) is 30.0 Å². The molecule has 36 heavy (non-hydrogen) atoms. The number of carbonyl (C=O) groups excluding carboxylic acids is 1. The first-order valence-electron chi connectivity index (χ1n) is 11.6. The van der Waals surface area contributed by atoms with E-state index >= 15 is 0 Å². The first kappa shape index (κ1) is 23.3. The van der Waals surface area contributed by atoms with Crippen molar-refractivity contribution < 1.29 is 4.79 Å². The van der Waals surface area contributed by atoms with E-state index in [-0.39, 0.29) is 5.91 Å². The monoisotopic (exact) mass is 492 g/mol. The molecule has 5 rings (SSSR count). The van der Waals surface area contributed by atoms with Crippen molar-refractivity contribution in [1.82, 2.24) is 19.9 Å². The molecule has 3 heterocycles. The molecular formula is C28H24N6OS. The number of aromatic nitrogens is 3. The van der Waals surface area contributed by atoms with Gasteiger partial charge in [-0.15, -0.1) is 11.3 Å². The molecule has 0 spiro atoms. The normalized spacial score (nSPS) is 10.8. The molecule has 3 aromatic heterocycles. The third-order valence-electron chi connectivity index (χ3n) is 5.82. The molecule has 5 aromatic rings. The Morgan fingerprint density at radius 2 is 1.97 bits per heavy atom. The molecule has 0 radical (unpaired) electrons. The topological polar surface area (TPSA) is 76.2 Å². The van der Waals surface area contributed by atoms with Gasteiger partial charge in [0, 0.05) is 48.0 Å². The van der Waals surface area contributed by atoms with Crippen LogP contribution in [-0.2, 0) is 19.5 Å². The molecule has 0 fully saturated rings. The van der Waals surface area contributed by atoms with Crippen LogP contribution in [0.5, 0.6) is 0 Å². The van der Waals surface area contributed by atoms with Crippen LogP contribution < -0.4 is 10.6 Å². The van der Waals surface area contributed by atoms with E-state index < -0.39 is 0 Å². The number of pyridine rings is 1. The lowest BCUT2D eigenvalue weighted by molar-refractivity contribution is 0.0958. The van der Waals surface area contributed by atoms with Crippen LogP contribution in [0.3, 0.4) is 0 Å². The van der Waals surface area contributed by atoms with E-state index in [0.717, 1.165) is 32.7 Å². The summed E-state index contributed by atoms with van der Waals surface area (Å²) in [7, 11) is 0. The molecule has 178 valence electrons. The Morgan fingerprint density at radius 1 is 1.08 bits per heavy atom. The molecule has 0 unspecified atom stereocenters. The molecule has 1 amide bonds. The Morgan fingerprint density at radius 3 is 2.78 bits per heavy atom. The largest absolute Gasteiger partial charge is 0.379 e. The number of nitrogens with zero attached hydrogens (tertiary/aromatic N) is 4. The number of anilines is 1. The number of hydrogen-bond acceptors (Lipinski definition) is 5. The minimum absolute atomic E-state index is 0.0602. The molecule has 7 nitrogen and oxygen atoms in total. The zero-order valence-electron chi connectivity index (χ0n) is 19.5. The molecule has 0 aliphatic rings.